The predicted octanol–water partition coefficient (Wildman–Crippen LogP) is 3.25. The number of ether oxygens (including phenoxy) is 2. The molecular formula is C11H12BrClO3. The maximum absolute atomic E-state index is 11.2. The first kappa shape index (κ1) is 13.3. The van der Waals surface area contributed by atoms with E-state index in [0.29, 0.717) is 26.6 Å². The summed E-state index contributed by atoms with van der Waals surface area (Å²) in [6, 6.07) is 1.70. The first-order valence-corrected chi connectivity index (χ1v) is 5.76. The molecule has 5 heteroatoms. The molecule has 0 amide bonds. The number of rotatable bonds is 4. The highest BCUT2D eigenvalue weighted by Gasteiger charge is 2.18. The molecule has 0 aliphatic carbocycles. The molecule has 0 saturated heterocycles. The number of carbonyl (C=O) groups is 1. The number of hydrogen-bond donors (Lipinski definition) is 0. The van der Waals surface area contributed by atoms with E-state index in [1.165, 1.54) is 21.1 Å². The highest BCUT2D eigenvalue weighted by atomic mass is 79.9. The third-order valence-corrected chi connectivity index (χ3v) is 3.00. The van der Waals surface area contributed by atoms with Gasteiger partial charge in [0, 0.05) is 17.0 Å². The molecule has 0 aliphatic rings. The Labute approximate surface area is 108 Å². The minimum atomic E-state index is 0.0181. The second-order valence-corrected chi connectivity index (χ2v) is 4.53. The molecule has 0 fully saturated rings. The predicted molar refractivity (Wildman–Crippen MR) is 66.6 cm³/mol. The van der Waals surface area contributed by atoms with Crippen LogP contribution in [0.2, 0.25) is 5.02 Å². The maximum Gasteiger partial charge on any atom is 0.175 e. The van der Waals surface area contributed by atoms with Gasteiger partial charge in [-0.2, -0.15) is 0 Å². The van der Waals surface area contributed by atoms with Crippen molar-refractivity contribution in [3.8, 4) is 11.5 Å². The lowest BCUT2D eigenvalue weighted by Gasteiger charge is -2.15. The topological polar surface area (TPSA) is 35.5 Å². The van der Waals surface area contributed by atoms with Crippen LogP contribution in [0.5, 0.6) is 11.5 Å². The Hall–Kier alpha value is -0.740. The van der Waals surface area contributed by atoms with Gasteiger partial charge in [-0.05, 0) is 28.9 Å². The number of halogens is 2. The molecule has 88 valence electrons. The molecule has 0 radical (unpaired) electrons. The zero-order chi connectivity index (χ0) is 12.3. The van der Waals surface area contributed by atoms with Gasteiger partial charge in [0.2, 0.25) is 0 Å². The van der Waals surface area contributed by atoms with Crippen LogP contribution in [0.1, 0.15) is 12.5 Å². The van der Waals surface area contributed by atoms with Gasteiger partial charge in [0.15, 0.2) is 11.5 Å². The highest BCUT2D eigenvalue weighted by molar-refractivity contribution is 9.10. The molecule has 3 nitrogen and oxygen atoms in total. The summed E-state index contributed by atoms with van der Waals surface area (Å²) in [5.41, 5.74) is 0.650. The van der Waals surface area contributed by atoms with Gasteiger partial charge in [-0.15, -0.1) is 0 Å². The molecule has 0 aromatic heterocycles. The average Bonchev–Trinajstić information content (AvgIpc) is 2.20. The third-order valence-electron chi connectivity index (χ3n) is 2.07. The van der Waals surface area contributed by atoms with Crippen molar-refractivity contribution in [2.45, 2.75) is 13.3 Å². The zero-order valence-electron chi connectivity index (χ0n) is 9.27. The van der Waals surface area contributed by atoms with Crippen LogP contribution in [0.25, 0.3) is 0 Å². The van der Waals surface area contributed by atoms with E-state index in [0.717, 1.165) is 0 Å². The molecule has 1 rings (SSSR count). The van der Waals surface area contributed by atoms with Crippen molar-refractivity contribution >= 4 is 33.3 Å². The van der Waals surface area contributed by atoms with E-state index < -0.39 is 0 Å². The van der Waals surface area contributed by atoms with Gasteiger partial charge >= 0.3 is 0 Å². The normalized spacial score (nSPS) is 10.1. The molecule has 1 aromatic carbocycles. The lowest BCUT2D eigenvalue weighted by atomic mass is 10.1. The van der Waals surface area contributed by atoms with Crippen LogP contribution >= 0.6 is 27.5 Å². The molecule has 0 saturated carbocycles. The number of benzene rings is 1. The maximum atomic E-state index is 11.2. The Morgan fingerprint density at radius 3 is 2.38 bits per heavy atom. The van der Waals surface area contributed by atoms with Crippen molar-refractivity contribution in [2.24, 2.45) is 0 Å². The Bertz CT molecular complexity index is 418. The molecule has 16 heavy (non-hydrogen) atoms. The standard InChI is InChI=1S/C11H12BrClO3/c1-6(14)4-7-9(13)5-8(12)11(16-3)10(7)15-2/h5H,4H2,1-3H3. The molecular weight excluding hydrogens is 295 g/mol. The fraction of sp³-hybridized carbons (Fsp3) is 0.364. The lowest BCUT2D eigenvalue weighted by Crippen LogP contribution is -2.03. The number of Topliss-reactive ketones (excluding diaryl/α,β-unsaturated/α-hetero) is 1. The van der Waals surface area contributed by atoms with Crippen LogP contribution in [0, 0.1) is 0 Å². The van der Waals surface area contributed by atoms with Crippen LogP contribution in [0.15, 0.2) is 10.5 Å². The number of carbonyl (C=O) groups excluding carboxylic acids is 1. The highest BCUT2D eigenvalue weighted by Crippen LogP contribution is 2.42. The first-order valence-electron chi connectivity index (χ1n) is 4.59. The van der Waals surface area contributed by atoms with E-state index in [2.05, 4.69) is 15.9 Å². The average molecular weight is 308 g/mol. The van der Waals surface area contributed by atoms with E-state index >= 15 is 0 Å². The van der Waals surface area contributed by atoms with Crippen molar-refractivity contribution in [3.63, 3.8) is 0 Å². The smallest absolute Gasteiger partial charge is 0.175 e. The SMILES string of the molecule is COc1c(Br)cc(Cl)c(CC(C)=O)c1OC. The Kier molecular flexibility index (Phi) is 4.62. The van der Waals surface area contributed by atoms with Crippen molar-refractivity contribution in [2.75, 3.05) is 14.2 Å². The summed E-state index contributed by atoms with van der Waals surface area (Å²) in [6.45, 7) is 1.50. The van der Waals surface area contributed by atoms with Crippen LogP contribution in [0.4, 0.5) is 0 Å². The summed E-state index contributed by atoms with van der Waals surface area (Å²) >= 11 is 9.39. The van der Waals surface area contributed by atoms with E-state index in [1.54, 1.807) is 6.07 Å². The zero-order valence-corrected chi connectivity index (χ0v) is 11.6. The quantitative estimate of drug-likeness (QED) is 0.856. The van der Waals surface area contributed by atoms with Crippen molar-refractivity contribution < 1.29 is 14.3 Å². The first-order chi connectivity index (χ1) is 7.51. The minimum Gasteiger partial charge on any atom is -0.492 e. The molecule has 0 spiro atoms. The largest absolute Gasteiger partial charge is 0.492 e. The lowest BCUT2D eigenvalue weighted by molar-refractivity contribution is -0.116. The number of methoxy groups -OCH3 is 2. The van der Waals surface area contributed by atoms with E-state index in [9.17, 15) is 4.79 Å². The van der Waals surface area contributed by atoms with Crippen LogP contribution in [-0.2, 0) is 11.2 Å². The van der Waals surface area contributed by atoms with Crippen LogP contribution in [0.3, 0.4) is 0 Å². The molecule has 0 heterocycles. The number of hydrogen-bond acceptors (Lipinski definition) is 3. The molecule has 0 unspecified atom stereocenters. The molecule has 0 N–H and O–H groups in total. The van der Waals surface area contributed by atoms with Crippen LogP contribution < -0.4 is 9.47 Å². The Morgan fingerprint density at radius 2 is 1.94 bits per heavy atom. The van der Waals surface area contributed by atoms with Gasteiger partial charge in [0.1, 0.15) is 5.78 Å². The second-order valence-electron chi connectivity index (χ2n) is 3.26. The molecule has 1 aromatic rings. The van der Waals surface area contributed by atoms with Gasteiger partial charge in [-0.25, -0.2) is 0 Å². The van der Waals surface area contributed by atoms with Crippen molar-refractivity contribution in [1.82, 2.24) is 0 Å². The van der Waals surface area contributed by atoms with Gasteiger partial charge in [0.25, 0.3) is 0 Å². The summed E-state index contributed by atoms with van der Waals surface area (Å²) < 4.78 is 11.1. The second kappa shape index (κ2) is 5.55. The van der Waals surface area contributed by atoms with E-state index in [1.807, 2.05) is 0 Å². The van der Waals surface area contributed by atoms with Gasteiger partial charge in [-0.1, -0.05) is 11.6 Å². The fourth-order valence-corrected chi connectivity index (χ4v) is 2.40. The van der Waals surface area contributed by atoms with Gasteiger partial charge < -0.3 is 9.47 Å². The molecule has 0 bridgehead atoms. The van der Waals surface area contributed by atoms with Crippen molar-refractivity contribution in [3.05, 3.63) is 21.1 Å². The monoisotopic (exact) mass is 306 g/mol. The summed E-state index contributed by atoms with van der Waals surface area (Å²) in [4.78, 5) is 11.2. The summed E-state index contributed by atoms with van der Waals surface area (Å²) in [7, 11) is 3.05. The Balaban J connectivity index is 3.39. The minimum absolute atomic E-state index is 0.0181. The summed E-state index contributed by atoms with van der Waals surface area (Å²) in [5.74, 6) is 1.06. The van der Waals surface area contributed by atoms with Gasteiger partial charge in [0.05, 0.1) is 18.7 Å². The number of ketones is 1. The third kappa shape index (κ3) is 2.68. The molecule has 0 atom stereocenters. The van der Waals surface area contributed by atoms with Crippen molar-refractivity contribution in [1.29, 1.82) is 0 Å². The van der Waals surface area contributed by atoms with Crippen LogP contribution in [-0.4, -0.2) is 20.0 Å². The van der Waals surface area contributed by atoms with Gasteiger partial charge in [-0.3, -0.25) is 4.79 Å². The van der Waals surface area contributed by atoms with E-state index in [-0.39, 0.29) is 12.2 Å². The summed E-state index contributed by atoms with van der Waals surface area (Å²) in [6.07, 6.45) is 0.228. The Morgan fingerprint density at radius 1 is 1.38 bits per heavy atom. The fourth-order valence-electron chi connectivity index (χ4n) is 1.44. The summed E-state index contributed by atoms with van der Waals surface area (Å²) in [5, 5.41) is 0.486. The molecule has 0 aliphatic heterocycles. The van der Waals surface area contributed by atoms with E-state index in [4.69, 9.17) is 21.1 Å².